The number of aromatic nitrogens is 2. The fourth-order valence-electron chi connectivity index (χ4n) is 1.06. The molecule has 0 atom stereocenters. The largest absolute Gasteiger partial charge is 0.294 e. The van der Waals surface area contributed by atoms with Crippen molar-refractivity contribution in [2.24, 2.45) is 0 Å². The molecule has 0 saturated carbocycles. The molecule has 2 aromatic rings. The zero-order valence-corrected chi connectivity index (χ0v) is 6.84. The third kappa shape index (κ3) is 1.26. The topological polar surface area (TPSA) is 17.8 Å². The predicted molar refractivity (Wildman–Crippen MR) is 42.3 cm³/mol. The van der Waals surface area contributed by atoms with Gasteiger partial charge in [0.05, 0.1) is 5.69 Å². The van der Waals surface area contributed by atoms with Crippen LogP contribution in [-0.2, 0) is 0 Å². The first-order valence-electron chi connectivity index (χ1n) is 3.75. The molecule has 14 heavy (non-hydrogen) atoms. The Morgan fingerprint density at radius 3 is 2.57 bits per heavy atom. The molecule has 1 heterocycles. The van der Waals surface area contributed by atoms with Crippen molar-refractivity contribution in [3.63, 3.8) is 0 Å². The summed E-state index contributed by atoms with van der Waals surface area (Å²) in [7, 11) is 0. The second-order valence-corrected chi connectivity index (χ2v) is 2.59. The van der Waals surface area contributed by atoms with E-state index in [1.165, 1.54) is 12.4 Å². The van der Waals surface area contributed by atoms with E-state index >= 15 is 0 Å². The smallest absolute Gasteiger partial charge is 0.196 e. The molecule has 0 saturated heterocycles. The molecule has 1 aromatic heterocycles. The zero-order chi connectivity index (χ0) is 10.1. The van der Waals surface area contributed by atoms with Crippen molar-refractivity contribution < 1.29 is 13.2 Å². The molecule has 0 spiro atoms. The Morgan fingerprint density at radius 2 is 1.93 bits per heavy atom. The molecule has 2 nitrogen and oxygen atoms in total. The lowest BCUT2D eigenvalue weighted by Crippen LogP contribution is -2.00. The van der Waals surface area contributed by atoms with Gasteiger partial charge in [-0.2, -0.15) is 0 Å². The molecule has 5 heteroatoms. The molecule has 1 aromatic carbocycles. The van der Waals surface area contributed by atoms with Crippen LogP contribution in [0.2, 0.25) is 0 Å². The number of benzene rings is 1. The Balaban J connectivity index is 2.61. The van der Waals surface area contributed by atoms with Crippen molar-refractivity contribution in [1.29, 1.82) is 0 Å². The van der Waals surface area contributed by atoms with E-state index in [0.29, 0.717) is 0 Å². The van der Waals surface area contributed by atoms with Gasteiger partial charge in [0.1, 0.15) is 0 Å². The third-order valence-electron chi connectivity index (χ3n) is 1.73. The maximum Gasteiger partial charge on any atom is 0.196 e. The van der Waals surface area contributed by atoms with Crippen molar-refractivity contribution in [3.05, 3.63) is 48.3 Å². The molecule has 2 rings (SSSR count). The average Bonchev–Trinajstić information content (AvgIpc) is 2.67. The maximum absolute atomic E-state index is 13.1. The summed E-state index contributed by atoms with van der Waals surface area (Å²) in [6.45, 7) is 0. The fourth-order valence-corrected chi connectivity index (χ4v) is 1.06. The molecule has 0 fully saturated rings. The minimum absolute atomic E-state index is 0.124. The highest BCUT2D eigenvalue weighted by molar-refractivity contribution is 5.34. The highest BCUT2D eigenvalue weighted by Crippen LogP contribution is 2.18. The van der Waals surface area contributed by atoms with Crippen LogP contribution in [0.25, 0.3) is 5.69 Å². The first-order valence-corrected chi connectivity index (χ1v) is 3.75. The van der Waals surface area contributed by atoms with Gasteiger partial charge in [-0.15, -0.1) is 0 Å². The summed E-state index contributed by atoms with van der Waals surface area (Å²) in [4.78, 5) is 3.55. The van der Waals surface area contributed by atoms with Gasteiger partial charge >= 0.3 is 0 Å². The van der Waals surface area contributed by atoms with E-state index < -0.39 is 17.5 Å². The summed E-state index contributed by atoms with van der Waals surface area (Å²) < 4.78 is 39.6. The van der Waals surface area contributed by atoms with Crippen LogP contribution in [0, 0.1) is 23.8 Å². The van der Waals surface area contributed by atoms with Gasteiger partial charge in [0.25, 0.3) is 0 Å². The predicted octanol–water partition coefficient (Wildman–Crippen LogP) is 2.09. The SMILES string of the molecule is Fc1ccc(-n2[c]ncc2)c(F)c1F. The molecule has 0 unspecified atom stereocenters. The highest BCUT2D eigenvalue weighted by Gasteiger charge is 2.14. The second kappa shape index (κ2) is 3.17. The first kappa shape index (κ1) is 8.80. The fraction of sp³-hybridized carbons (Fsp3) is 0. The number of hydrogen-bond donors (Lipinski definition) is 0. The lowest BCUT2D eigenvalue weighted by atomic mass is 10.3. The monoisotopic (exact) mass is 197 g/mol. The number of imidazole rings is 1. The molecular formula is C9H4F3N2. The number of hydrogen-bond acceptors (Lipinski definition) is 1. The van der Waals surface area contributed by atoms with Gasteiger partial charge in [-0.05, 0) is 12.1 Å². The molecule has 71 valence electrons. The van der Waals surface area contributed by atoms with E-state index in [9.17, 15) is 13.2 Å². The second-order valence-electron chi connectivity index (χ2n) is 2.59. The summed E-state index contributed by atoms with van der Waals surface area (Å²) >= 11 is 0. The summed E-state index contributed by atoms with van der Waals surface area (Å²) in [6.07, 6.45) is 5.12. The van der Waals surface area contributed by atoms with Gasteiger partial charge in [0, 0.05) is 12.4 Å². The van der Waals surface area contributed by atoms with Crippen LogP contribution in [0.3, 0.4) is 0 Å². The van der Waals surface area contributed by atoms with Crippen LogP contribution in [0.15, 0.2) is 24.5 Å². The van der Waals surface area contributed by atoms with Crippen LogP contribution in [0.1, 0.15) is 0 Å². The van der Waals surface area contributed by atoms with Crippen molar-refractivity contribution in [3.8, 4) is 5.69 Å². The van der Waals surface area contributed by atoms with Gasteiger partial charge in [0.15, 0.2) is 23.8 Å². The summed E-state index contributed by atoms with van der Waals surface area (Å²) in [5, 5.41) is 0. The molecule has 0 amide bonds. The lowest BCUT2D eigenvalue weighted by Gasteiger charge is -2.03. The lowest BCUT2D eigenvalue weighted by molar-refractivity contribution is 0.444. The summed E-state index contributed by atoms with van der Waals surface area (Å²) in [5.41, 5.74) is -0.124. The Morgan fingerprint density at radius 1 is 1.14 bits per heavy atom. The van der Waals surface area contributed by atoms with Crippen molar-refractivity contribution >= 4 is 0 Å². The van der Waals surface area contributed by atoms with Crippen LogP contribution in [-0.4, -0.2) is 9.55 Å². The molecule has 0 bridgehead atoms. The first-order chi connectivity index (χ1) is 6.70. The van der Waals surface area contributed by atoms with Crippen LogP contribution >= 0.6 is 0 Å². The Hall–Kier alpha value is -1.78. The average molecular weight is 197 g/mol. The van der Waals surface area contributed by atoms with Crippen LogP contribution < -0.4 is 0 Å². The Labute approximate surface area is 77.6 Å². The van der Waals surface area contributed by atoms with Gasteiger partial charge in [0.2, 0.25) is 0 Å². The minimum atomic E-state index is -1.50. The Kier molecular flexibility index (Phi) is 1.99. The quantitative estimate of drug-likeness (QED) is 0.640. The maximum atomic E-state index is 13.1. The minimum Gasteiger partial charge on any atom is -0.294 e. The van der Waals surface area contributed by atoms with Crippen molar-refractivity contribution in [1.82, 2.24) is 9.55 Å². The van der Waals surface area contributed by atoms with E-state index in [1.807, 2.05) is 0 Å². The number of halogens is 3. The normalized spacial score (nSPS) is 10.5. The molecule has 0 aliphatic heterocycles. The third-order valence-corrected chi connectivity index (χ3v) is 1.73. The van der Waals surface area contributed by atoms with Gasteiger partial charge in [-0.3, -0.25) is 4.57 Å². The molecule has 0 aliphatic carbocycles. The van der Waals surface area contributed by atoms with Crippen LogP contribution in [0.4, 0.5) is 13.2 Å². The molecule has 1 radical (unpaired) electrons. The van der Waals surface area contributed by atoms with E-state index in [-0.39, 0.29) is 5.69 Å². The number of nitrogens with zero attached hydrogens (tertiary/aromatic N) is 2. The molecule has 0 aliphatic rings. The highest BCUT2D eigenvalue weighted by atomic mass is 19.2. The summed E-state index contributed by atoms with van der Waals surface area (Å²) in [6, 6.07) is 1.97. The van der Waals surface area contributed by atoms with E-state index in [2.05, 4.69) is 11.3 Å². The van der Waals surface area contributed by atoms with E-state index in [1.54, 1.807) is 0 Å². The van der Waals surface area contributed by atoms with Gasteiger partial charge < -0.3 is 0 Å². The number of rotatable bonds is 1. The van der Waals surface area contributed by atoms with E-state index in [0.717, 1.165) is 16.7 Å². The molecule has 0 N–H and O–H groups in total. The van der Waals surface area contributed by atoms with E-state index in [4.69, 9.17) is 0 Å². The Bertz CT molecular complexity index is 451. The van der Waals surface area contributed by atoms with Gasteiger partial charge in [-0.25, -0.2) is 18.2 Å². The van der Waals surface area contributed by atoms with Gasteiger partial charge in [-0.1, -0.05) is 0 Å². The van der Waals surface area contributed by atoms with Crippen molar-refractivity contribution in [2.75, 3.05) is 0 Å². The van der Waals surface area contributed by atoms with Crippen LogP contribution in [0.5, 0.6) is 0 Å². The zero-order valence-electron chi connectivity index (χ0n) is 6.84. The molecular weight excluding hydrogens is 193 g/mol. The summed E-state index contributed by atoms with van der Waals surface area (Å²) in [5.74, 6) is -3.96. The van der Waals surface area contributed by atoms with Crippen molar-refractivity contribution in [2.45, 2.75) is 0 Å². The standard InChI is InChI=1S/C9H4F3N2/c10-6-1-2-7(9(12)8(6)11)14-4-3-13-5-14/h1-4H.